The zero-order valence-electron chi connectivity index (χ0n) is 11.0. The maximum absolute atomic E-state index is 11.8. The normalized spacial score (nSPS) is 13.3. The number of ether oxygens (including phenoxy) is 1. The Morgan fingerprint density at radius 1 is 1.28 bits per heavy atom. The van der Waals surface area contributed by atoms with Gasteiger partial charge in [-0.1, -0.05) is 19.0 Å². The first kappa shape index (κ1) is 17.1. The van der Waals surface area contributed by atoms with E-state index >= 15 is 0 Å². The molecule has 0 radical (unpaired) electrons. The highest BCUT2D eigenvalue weighted by molar-refractivity contribution is 7.55. The van der Waals surface area contributed by atoms with E-state index in [1.54, 1.807) is 20.8 Å². The number of hydrogen-bond acceptors (Lipinski definition) is 5. The zero-order chi connectivity index (χ0) is 14.4. The molecule has 0 saturated heterocycles. The first-order valence-corrected chi connectivity index (χ1v) is 7.26. The van der Waals surface area contributed by atoms with Crippen LogP contribution in [0.2, 0.25) is 0 Å². The highest BCUT2D eigenvalue weighted by atomic mass is 31.2. The Bertz CT molecular complexity index is 357. The molecule has 0 aliphatic heterocycles. The van der Waals surface area contributed by atoms with Gasteiger partial charge in [0, 0.05) is 0 Å². The fourth-order valence-electron chi connectivity index (χ4n) is 1.74. The highest BCUT2D eigenvalue weighted by Crippen LogP contribution is 2.55. The second kappa shape index (κ2) is 6.87. The zero-order valence-corrected chi connectivity index (χ0v) is 11.9. The summed E-state index contributed by atoms with van der Waals surface area (Å²) in [4.78, 5) is 35.3. The summed E-state index contributed by atoms with van der Waals surface area (Å²) in [5.74, 6) is -0.869. The molecule has 106 valence electrons. The molecule has 0 aromatic heterocycles. The first-order valence-electron chi connectivity index (χ1n) is 5.65. The van der Waals surface area contributed by atoms with Crippen LogP contribution in [0.5, 0.6) is 0 Å². The maximum Gasteiger partial charge on any atom is 0.357 e. The van der Waals surface area contributed by atoms with Gasteiger partial charge in [-0.25, -0.2) is 4.79 Å². The van der Waals surface area contributed by atoms with Crippen LogP contribution in [0.4, 0.5) is 0 Å². The lowest BCUT2D eigenvalue weighted by atomic mass is 9.96. The predicted molar refractivity (Wildman–Crippen MR) is 66.4 cm³/mol. The molecule has 0 aromatic carbocycles. The largest absolute Gasteiger partial charge is 0.461 e. The van der Waals surface area contributed by atoms with Crippen LogP contribution in [-0.2, 0) is 18.9 Å². The minimum Gasteiger partial charge on any atom is -0.461 e. The molecule has 0 aliphatic rings. The monoisotopic (exact) mass is 281 g/mol. The quantitative estimate of drug-likeness (QED) is 0.315. The molecule has 7 nitrogen and oxygen atoms in total. The second-order valence-electron chi connectivity index (χ2n) is 3.63. The van der Waals surface area contributed by atoms with Crippen LogP contribution in [0.1, 0.15) is 33.6 Å². The number of esters is 1. The summed E-state index contributed by atoms with van der Waals surface area (Å²) in [5, 5.41) is 1.80. The fourth-order valence-corrected chi connectivity index (χ4v) is 2.97. The summed E-state index contributed by atoms with van der Waals surface area (Å²) in [7, 11) is -3.38. The third kappa shape index (κ3) is 3.31. The molecule has 18 heavy (non-hydrogen) atoms. The number of hydrogen-bond donors (Lipinski definition) is 2. The van der Waals surface area contributed by atoms with Crippen LogP contribution < -0.4 is 0 Å². The van der Waals surface area contributed by atoms with E-state index in [2.05, 4.69) is 9.99 Å². The Hall–Kier alpha value is -0.910. The molecule has 0 amide bonds. The SMILES string of the molecule is CCOC(=O)C(=NOC)C(CC)(CC)P(=O)(O)O. The lowest BCUT2D eigenvalue weighted by molar-refractivity contribution is -0.135. The number of oxime groups is 1. The molecule has 0 unspecified atom stereocenters. The van der Waals surface area contributed by atoms with Crippen LogP contribution in [-0.4, -0.2) is 40.3 Å². The fraction of sp³-hybridized carbons (Fsp3) is 0.800. The number of nitrogens with zero attached hydrogens (tertiary/aromatic N) is 1. The van der Waals surface area contributed by atoms with E-state index in [4.69, 9.17) is 4.74 Å². The Labute approximate surface area is 106 Å². The Balaban J connectivity index is 5.75. The molecule has 8 heteroatoms. The average Bonchev–Trinajstić information content (AvgIpc) is 2.28. The van der Waals surface area contributed by atoms with Crippen LogP contribution in [0, 0.1) is 0 Å². The molecule has 0 spiro atoms. The molecule has 0 aliphatic carbocycles. The van der Waals surface area contributed by atoms with E-state index < -0.39 is 18.7 Å². The van der Waals surface area contributed by atoms with Gasteiger partial charge in [0.15, 0.2) is 5.71 Å². The van der Waals surface area contributed by atoms with Gasteiger partial charge in [-0.05, 0) is 19.8 Å². The van der Waals surface area contributed by atoms with Gasteiger partial charge in [0.2, 0.25) is 0 Å². The van der Waals surface area contributed by atoms with Crippen LogP contribution >= 0.6 is 7.60 Å². The molecule has 0 rings (SSSR count). The molecular weight excluding hydrogens is 261 g/mol. The van der Waals surface area contributed by atoms with Crippen molar-refractivity contribution in [2.24, 2.45) is 5.16 Å². The molecule has 0 aromatic rings. The Kier molecular flexibility index (Phi) is 6.52. The van der Waals surface area contributed by atoms with Crippen LogP contribution in [0.15, 0.2) is 5.16 Å². The maximum atomic E-state index is 11.8. The predicted octanol–water partition coefficient (Wildman–Crippen LogP) is 1.29. The highest BCUT2D eigenvalue weighted by Gasteiger charge is 2.52. The van der Waals surface area contributed by atoms with Crippen molar-refractivity contribution in [3.63, 3.8) is 0 Å². The second-order valence-corrected chi connectivity index (χ2v) is 5.57. The summed E-state index contributed by atoms with van der Waals surface area (Å²) in [6.07, 6.45) is 0.101. The van der Waals surface area contributed by atoms with Gasteiger partial charge in [-0.15, -0.1) is 0 Å². The summed E-state index contributed by atoms with van der Waals surface area (Å²) in [5.41, 5.74) is -0.370. The van der Waals surface area contributed by atoms with Crippen molar-refractivity contribution in [3.8, 4) is 0 Å². The van der Waals surface area contributed by atoms with E-state index in [-0.39, 0.29) is 25.2 Å². The van der Waals surface area contributed by atoms with Gasteiger partial charge in [0.05, 0.1) is 6.61 Å². The van der Waals surface area contributed by atoms with Gasteiger partial charge in [-0.2, -0.15) is 0 Å². The molecule has 0 fully saturated rings. The summed E-state index contributed by atoms with van der Waals surface area (Å²) >= 11 is 0. The molecule has 0 bridgehead atoms. The minimum atomic E-state index is -4.58. The van der Waals surface area contributed by atoms with Gasteiger partial charge in [-0.3, -0.25) is 4.57 Å². The topological polar surface area (TPSA) is 105 Å². The Morgan fingerprint density at radius 2 is 1.78 bits per heavy atom. The summed E-state index contributed by atoms with van der Waals surface area (Å²) in [6, 6.07) is 0. The lowest BCUT2D eigenvalue weighted by Crippen LogP contribution is -2.43. The van der Waals surface area contributed by atoms with Crippen LogP contribution in [0.3, 0.4) is 0 Å². The molecule has 0 saturated carbocycles. The summed E-state index contributed by atoms with van der Waals surface area (Å²) < 4.78 is 16.5. The van der Waals surface area contributed by atoms with E-state index in [1.165, 1.54) is 7.11 Å². The van der Waals surface area contributed by atoms with Gasteiger partial charge >= 0.3 is 13.6 Å². The number of rotatable bonds is 7. The number of carbonyl (C=O) groups is 1. The van der Waals surface area contributed by atoms with E-state index in [9.17, 15) is 19.1 Å². The van der Waals surface area contributed by atoms with E-state index in [1.807, 2.05) is 0 Å². The van der Waals surface area contributed by atoms with Gasteiger partial charge in [0.1, 0.15) is 12.3 Å². The van der Waals surface area contributed by atoms with E-state index in [0.717, 1.165) is 0 Å². The average molecular weight is 281 g/mol. The molecule has 0 heterocycles. The van der Waals surface area contributed by atoms with Crippen molar-refractivity contribution in [3.05, 3.63) is 0 Å². The summed E-state index contributed by atoms with van der Waals surface area (Å²) in [6.45, 7) is 4.84. The third-order valence-corrected chi connectivity index (χ3v) is 4.78. The van der Waals surface area contributed by atoms with Crippen molar-refractivity contribution in [1.82, 2.24) is 0 Å². The van der Waals surface area contributed by atoms with Crippen molar-refractivity contribution in [2.45, 2.75) is 38.8 Å². The van der Waals surface area contributed by atoms with Gasteiger partial charge in [0.25, 0.3) is 0 Å². The molecule has 0 atom stereocenters. The minimum absolute atomic E-state index is 0.0504. The smallest absolute Gasteiger partial charge is 0.357 e. The van der Waals surface area contributed by atoms with Crippen molar-refractivity contribution < 1.29 is 28.7 Å². The van der Waals surface area contributed by atoms with Crippen molar-refractivity contribution in [1.29, 1.82) is 0 Å². The molecule has 2 N–H and O–H groups in total. The lowest BCUT2D eigenvalue weighted by Gasteiger charge is -2.31. The van der Waals surface area contributed by atoms with Crippen molar-refractivity contribution >= 4 is 19.3 Å². The number of carbonyl (C=O) groups excluding carboxylic acids is 1. The van der Waals surface area contributed by atoms with Gasteiger partial charge < -0.3 is 19.4 Å². The standard InChI is InChI=1S/C10H20NO6P/c1-5-10(6-2,18(13,14)15)8(11-16-4)9(12)17-7-3/h5-7H2,1-4H3,(H2,13,14,15). The molecular formula is C10H20NO6P. The van der Waals surface area contributed by atoms with E-state index in [0.29, 0.717) is 0 Å². The van der Waals surface area contributed by atoms with Crippen LogP contribution in [0.25, 0.3) is 0 Å². The first-order chi connectivity index (χ1) is 8.30. The van der Waals surface area contributed by atoms with Crippen molar-refractivity contribution in [2.75, 3.05) is 13.7 Å². The third-order valence-electron chi connectivity index (χ3n) is 2.82. The Morgan fingerprint density at radius 3 is 2.06 bits per heavy atom.